The summed E-state index contributed by atoms with van der Waals surface area (Å²) < 4.78 is 1.99. The zero-order valence-corrected chi connectivity index (χ0v) is 18.0. The monoisotopic (exact) mass is 470 g/mol. The fourth-order valence-corrected chi connectivity index (χ4v) is 3.48. The highest BCUT2D eigenvalue weighted by atomic mass is 127. The zero-order chi connectivity index (χ0) is 17.3. The minimum atomic E-state index is 0. The predicted molar refractivity (Wildman–Crippen MR) is 117 cm³/mol. The first-order valence-corrected chi connectivity index (χ1v) is 9.67. The third-order valence-electron chi connectivity index (χ3n) is 4.89. The fourth-order valence-electron chi connectivity index (χ4n) is 3.48. The van der Waals surface area contributed by atoms with Gasteiger partial charge in [-0.1, -0.05) is 38.2 Å². The average molecular weight is 470 g/mol. The first-order valence-electron chi connectivity index (χ1n) is 9.67. The van der Waals surface area contributed by atoms with Crippen LogP contribution in [0.15, 0.2) is 29.4 Å². The first kappa shape index (κ1) is 20.9. The van der Waals surface area contributed by atoms with Gasteiger partial charge in [0.05, 0.1) is 0 Å². The number of rotatable bonds is 5. The second kappa shape index (κ2) is 11.4. The van der Waals surface area contributed by atoms with Gasteiger partial charge < -0.3 is 10.6 Å². The van der Waals surface area contributed by atoms with E-state index >= 15 is 0 Å². The van der Waals surface area contributed by atoms with Gasteiger partial charge in [-0.2, -0.15) is 0 Å². The maximum Gasteiger partial charge on any atom is 0.191 e. The van der Waals surface area contributed by atoms with E-state index in [2.05, 4.69) is 27.8 Å². The van der Waals surface area contributed by atoms with E-state index in [1.54, 1.807) is 0 Å². The third kappa shape index (κ3) is 6.10. The van der Waals surface area contributed by atoms with E-state index in [4.69, 9.17) is 4.99 Å². The summed E-state index contributed by atoms with van der Waals surface area (Å²) in [5.74, 6) is 2.49. The normalized spacial score (nSPS) is 16.6. The highest BCUT2D eigenvalue weighted by molar-refractivity contribution is 14.0. The molecule has 144 valence electrons. The number of pyridine rings is 1. The zero-order valence-electron chi connectivity index (χ0n) is 15.7. The molecule has 0 unspecified atom stereocenters. The molecule has 2 heterocycles. The Morgan fingerprint density at radius 1 is 1.12 bits per heavy atom. The molecule has 1 fully saturated rings. The third-order valence-corrected chi connectivity index (χ3v) is 4.89. The molecule has 26 heavy (non-hydrogen) atoms. The van der Waals surface area contributed by atoms with Crippen molar-refractivity contribution in [3.05, 3.63) is 30.2 Å². The van der Waals surface area contributed by atoms with E-state index in [1.807, 2.05) is 28.8 Å². The van der Waals surface area contributed by atoms with Crippen molar-refractivity contribution in [1.29, 1.82) is 0 Å². The van der Waals surface area contributed by atoms with Crippen molar-refractivity contribution in [2.75, 3.05) is 13.1 Å². The van der Waals surface area contributed by atoms with Crippen LogP contribution in [0.1, 0.15) is 57.7 Å². The van der Waals surface area contributed by atoms with Crippen LogP contribution in [0.2, 0.25) is 0 Å². The Labute approximate surface area is 173 Å². The van der Waals surface area contributed by atoms with Crippen LogP contribution in [-0.2, 0) is 6.54 Å². The molecule has 1 aliphatic rings. The van der Waals surface area contributed by atoms with Crippen LogP contribution in [0.5, 0.6) is 0 Å². The van der Waals surface area contributed by atoms with E-state index in [9.17, 15) is 0 Å². The minimum Gasteiger partial charge on any atom is -0.357 e. The Morgan fingerprint density at radius 2 is 1.88 bits per heavy atom. The summed E-state index contributed by atoms with van der Waals surface area (Å²) in [6.07, 6.45) is 11.6. The Kier molecular flexibility index (Phi) is 9.14. The molecule has 6 nitrogen and oxygen atoms in total. The Balaban J connectivity index is 0.00000243. The average Bonchev–Trinajstić information content (AvgIpc) is 3.02. The second-order valence-electron chi connectivity index (χ2n) is 6.83. The standard InChI is InChI=1S/C19H30N6.HI/c1-2-20-19(21-14-16-10-6-4-3-5-7-11-16)22-15-18-24-23-17-12-8-9-13-25(17)18;/h8-9,12-13,16H,2-7,10-11,14-15H2,1H3,(H2,20,21,22);1H. The molecule has 1 aliphatic carbocycles. The van der Waals surface area contributed by atoms with Crippen molar-refractivity contribution in [2.45, 2.75) is 58.4 Å². The van der Waals surface area contributed by atoms with E-state index in [-0.39, 0.29) is 24.0 Å². The van der Waals surface area contributed by atoms with Gasteiger partial charge in [0.1, 0.15) is 6.54 Å². The van der Waals surface area contributed by atoms with E-state index in [0.717, 1.165) is 36.4 Å². The molecule has 3 rings (SSSR count). The van der Waals surface area contributed by atoms with Crippen molar-refractivity contribution < 1.29 is 0 Å². The molecular formula is C19H31IN6. The maximum absolute atomic E-state index is 4.70. The van der Waals surface area contributed by atoms with Crippen molar-refractivity contribution in [1.82, 2.24) is 25.2 Å². The van der Waals surface area contributed by atoms with Crippen molar-refractivity contribution in [2.24, 2.45) is 10.9 Å². The van der Waals surface area contributed by atoms with Crippen LogP contribution in [0.3, 0.4) is 0 Å². The van der Waals surface area contributed by atoms with Gasteiger partial charge in [0.2, 0.25) is 0 Å². The molecule has 0 spiro atoms. The lowest BCUT2D eigenvalue weighted by Crippen LogP contribution is -2.40. The summed E-state index contributed by atoms with van der Waals surface area (Å²) >= 11 is 0. The van der Waals surface area contributed by atoms with Crippen LogP contribution in [0.4, 0.5) is 0 Å². The quantitative estimate of drug-likeness (QED) is 0.397. The van der Waals surface area contributed by atoms with Gasteiger partial charge in [0.25, 0.3) is 0 Å². The number of nitrogens with zero attached hydrogens (tertiary/aromatic N) is 4. The van der Waals surface area contributed by atoms with Crippen LogP contribution >= 0.6 is 24.0 Å². The van der Waals surface area contributed by atoms with Crippen LogP contribution < -0.4 is 10.6 Å². The lowest BCUT2D eigenvalue weighted by Gasteiger charge is -2.21. The van der Waals surface area contributed by atoms with E-state index < -0.39 is 0 Å². The number of hydrogen-bond acceptors (Lipinski definition) is 3. The molecule has 2 N–H and O–H groups in total. The van der Waals surface area contributed by atoms with Gasteiger partial charge in [-0.3, -0.25) is 4.40 Å². The highest BCUT2D eigenvalue weighted by Crippen LogP contribution is 2.21. The van der Waals surface area contributed by atoms with Crippen molar-refractivity contribution in [3.63, 3.8) is 0 Å². The number of nitrogens with one attached hydrogen (secondary N) is 2. The SMILES string of the molecule is CCNC(=NCc1nnc2ccccn12)NCC1CCCCCCC1.I. The van der Waals surface area contributed by atoms with E-state index in [1.165, 1.54) is 44.9 Å². The topological polar surface area (TPSA) is 66.6 Å². The summed E-state index contributed by atoms with van der Waals surface area (Å²) in [6.45, 7) is 4.48. The predicted octanol–water partition coefficient (Wildman–Crippen LogP) is 3.76. The lowest BCUT2D eigenvalue weighted by atomic mass is 9.91. The van der Waals surface area contributed by atoms with Crippen LogP contribution in [0.25, 0.3) is 5.65 Å². The Morgan fingerprint density at radius 3 is 2.65 bits per heavy atom. The first-order chi connectivity index (χ1) is 12.4. The summed E-state index contributed by atoms with van der Waals surface area (Å²) in [7, 11) is 0. The van der Waals surface area contributed by atoms with Gasteiger partial charge in [-0.15, -0.1) is 34.2 Å². The van der Waals surface area contributed by atoms with Crippen molar-refractivity contribution in [3.8, 4) is 0 Å². The summed E-state index contributed by atoms with van der Waals surface area (Å²) in [6, 6.07) is 5.91. The highest BCUT2D eigenvalue weighted by Gasteiger charge is 2.12. The molecular weight excluding hydrogens is 439 g/mol. The van der Waals surface area contributed by atoms with Gasteiger partial charge in [-0.25, -0.2) is 4.99 Å². The molecule has 1 saturated carbocycles. The fraction of sp³-hybridized carbons (Fsp3) is 0.632. The Hall–Kier alpha value is -1.38. The van der Waals surface area contributed by atoms with Crippen molar-refractivity contribution >= 4 is 35.6 Å². The number of fused-ring (bicyclic) bond motifs is 1. The number of hydrogen-bond donors (Lipinski definition) is 2. The summed E-state index contributed by atoms with van der Waals surface area (Å²) in [4.78, 5) is 4.70. The molecule has 0 bridgehead atoms. The molecule has 2 aromatic rings. The molecule has 7 heteroatoms. The molecule has 0 atom stereocenters. The molecule has 0 saturated heterocycles. The maximum atomic E-state index is 4.70. The van der Waals surface area contributed by atoms with E-state index in [0.29, 0.717) is 6.54 Å². The van der Waals surface area contributed by atoms with Gasteiger partial charge in [0, 0.05) is 19.3 Å². The number of guanidine groups is 1. The summed E-state index contributed by atoms with van der Waals surface area (Å²) in [5.41, 5.74) is 0.861. The van der Waals surface area contributed by atoms with Gasteiger partial charge >= 0.3 is 0 Å². The molecule has 0 aliphatic heterocycles. The molecule has 0 aromatic carbocycles. The summed E-state index contributed by atoms with van der Waals surface area (Å²) in [5, 5.41) is 15.3. The minimum absolute atomic E-state index is 0. The molecule has 0 amide bonds. The Bertz CT molecular complexity index is 675. The molecule has 2 aromatic heterocycles. The van der Waals surface area contributed by atoms with Gasteiger partial charge in [0.15, 0.2) is 17.4 Å². The number of halogens is 1. The number of aliphatic imine (C=N–C) groups is 1. The van der Waals surface area contributed by atoms with Crippen LogP contribution in [0, 0.1) is 5.92 Å². The molecule has 0 radical (unpaired) electrons. The second-order valence-corrected chi connectivity index (χ2v) is 6.83. The lowest BCUT2D eigenvalue weighted by molar-refractivity contribution is 0.375. The van der Waals surface area contributed by atoms with Crippen LogP contribution in [-0.4, -0.2) is 33.6 Å². The smallest absolute Gasteiger partial charge is 0.191 e. The largest absolute Gasteiger partial charge is 0.357 e. The van der Waals surface area contributed by atoms with Gasteiger partial charge in [-0.05, 0) is 37.8 Å². The number of aromatic nitrogens is 3.